The lowest BCUT2D eigenvalue weighted by Gasteiger charge is -2.31. The molecular weight excluding hydrogens is 270 g/mol. The lowest BCUT2D eigenvalue weighted by molar-refractivity contribution is 0.377. The summed E-state index contributed by atoms with van der Waals surface area (Å²) < 4.78 is 0. The molecule has 0 unspecified atom stereocenters. The van der Waals surface area contributed by atoms with Crippen LogP contribution in [0.2, 0.25) is 0 Å². The normalized spacial score (nSPS) is 16.3. The number of nitrogens with zero attached hydrogens (tertiary/aromatic N) is 3. The molecule has 0 aliphatic carbocycles. The number of fused-ring (bicyclic) bond motifs is 1. The van der Waals surface area contributed by atoms with Crippen LogP contribution in [0.15, 0.2) is 72.7 Å². The van der Waals surface area contributed by atoms with Gasteiger partial charge in [0, 0.05) is 37.6 Å². The lowest BCUT2D eigenvalue weighted by Crippen LogP contribution is -2.27. The monoisotopic (exact) mass is 289 g/mol. The Labute approximate surface area is 131 Å². The van der Waals surface area contributed by atoms with Crippen molar-refractivity contribution in [3.63, 3.8) is 0 Å². The second kappa shape index (κ2) is 5.92. The molecule has 0 saturated heterocycles. The van der Waals surface area contributed by atoms with Crippen LogP contribution in [-0.2, 0) is 0 Å². The van der Waals surface area contributed by atoms with Gasteiger partial charge >= 0.3 is 0 Å². The van der Waals surface area contributed by atoms with Gasteiger partial charge in [0.1, 0.15) is 5.82 Å². The summed E-state index contributed by atoms with van der Waals surface area (Å²) in [7, 11) is 4.11. The van der Waals surface area contributed by atoms with Crippen molar-refractivity contribution in [3.8, 4) is 0 Å². The van der Waals surface area contributed by atoms with Crippen molar-refractivity contribution >= 4 is 11.6 Å². The van der Waals surface area contributed by atoms with Crippen LogP contribution in [0.5, 0.6) is 0 Å². The summed E-state index contributed by atoms with van der Waals surface area (Å²) in [6, 6.07) is 4.02. The van der Waals surface area contributed by atoms with Crippen LogP contribution < -0.4 is 0 Å². The third-order valence-electron chi connectivity index (χ3n) is 3.66. The molecule has 0 radical (unpaired) electrons. The minimum absolute atomic E-state index is 0.884. The summed E-state index contributed by atoms with van der Waals surface area (Å²) in [6.45, 7) is 3.86. The van der Waals surface area contributed by atoms with Crippen molar-refractivity contribution in [2.45, 2.75) is 6.42 Å². The van der Waals surface area contributed by atoms with E-state index in [0.29, 0.717) is 0 Å². The Morgan fingerprint density at radius 1 is 1.36 bits per heavy atom. The summed E-state index contributed by atoms with van der Waals surface area (Å²) in [5.74, 6) is 1.14. The zero-order valence-electron chi connectivity index (χ0n) is 13.0. The first-order chi connectivity index (χ1) is 10.7. The van der Waals surface area contributed by atoms with Crippen LogP contribution in [0, 0.1) is 0 Å². The second-order valence-electron chi connectivity index (χ2n) is 5.35. The van der Waals surface area contributed by atoms with Gasteiger partial charge in [0.15, 0.2) is 0 Å². The molecular formula is C19H19N3. The molecule has 22 heavy (non-hydrogen) atoms. The quantitative estimate of drug-likeness (QED) is 0.789. The highest BCUT2D eigenvalue weighted by Crippen LogP contribution is 2.30. The van der Waals surface area contributed by atoms with Gasteiger partial charge in [-0.05, 0) is 36.8 Å². The molecule has 2 aliphatic heterocycles. The van der Waals surface area contributed by atoms with Gasteiger partial charge < -0.3 is 4.90 Å². The molecule has 0 fully saturated rings. The fourth-order valence-corrected chi connectivity index (χ4v) is 2.62. The molecule has 0 saturated carbocycles. The number of hydrogen-bond donors (Lipinski definition) is 0. The molecule has 3 heterocycles. The highest BCUT2D eigenvalue weighted by molar-refractivity contribution is 5.80. The maximum atomic E-state index is 4.38. The van der Waals surface area contributed by atoms with E-state index >= 15 is 0 Å². The summed E-state index contributed by atoms with van der Waals surface area (Å²) in [4.78, 5) is 8.67. The van der Waals surface area contributed by atoms with Gasteiger partial charge in [-0.3, -0.25) is 9.88 Å². The average molecular weight is 289 g/mol. The summed E-state index contributed by atoms with van der Waals surface area (Å²) in [6.07, 6.45) is 15.1. The Balaban J connectivity index is 2.09. The minimum Gasteiger partial charge on any atom is -0.364 e. The molecule has 3 nitrogen and oxygen atoms in total. The number of pyridine rings is 1. The zero-order valence-corrected chi connectivity index (χ0v) is 13.0. The van der Waals surface area contributed by atoms with E-state index in [1.54, 1.807) is 12.3 Å². The predicted molar refractivity (Wildman–Crippen MR) is 91.3 cm³/mol. The Morgan fingerprint density at radius 3 is 3.00 bits per heavy atom. The molecule has 1 aromatic rings. The third-order valence-corrected chi connectivity index (χ3v) is 3.66. The molecule has 0 N–H and O–H groups in total. The first-order valence-corrected chi connectivity index (χ1v) is 7.30. The van der Waals surface area contributed by atoms with Crippen LogP contribution in [0.3, 0.4) is 0 Å². The van der Waals surface area contributed by atoms with E-state index in [1.165, 1.54) is 0 Å². The van der Waals surface area contributed by atoms with Gasteiger partial charge in [-0.15, -0.1) is 0 Å². The Morgan fingerprint density at radius 2 is 2.23 bits per heavy atom. The number of aromatic nitrogens is 1. The van der Waals surface area contributed by atoms with Crippen LogP contribution in [0.1, 0.15) is 17.7 Å². The van der Waals surface area contributed by atoms with Crippen molar-refractivity contribution in [1.82, 2.24) is 14.8 Å². The van der Waals surface area contributed by atoms with Crippen molar-refractivity contribution in [1.29, 1.82) is 0 Å². The summed E-state index contributed by atoms with van der Waals surface area (Å²) in [5.41, 5.74) is 7.48. The summed E-state index contributed by atoms with van der Waals surface area (Å²) in [5, 5.41) is 0. The number of hydrogen-bond acceptors (Lipinski definition) is 3. The largest absolute Gasteiger partial charge is 0.364 e. The summed E-state index contributed by atoms with van der Waals surface area (Å²) >= 11 is 0. The van der Waals surface area contributed by atoms with Crippen LogP contribution in [-0.4, -0.2) is 28.9 Å². The van der Waals surface area contributed by atoms with Crippen molar-refractivity contribution in [2.75, 3.05) is 14.1 Å². The first-order valence-electron chi connectivity index (χ1n) is 7.30. The van der Waals surface area contributed by atoms with Gasteiger partial charge in [0.2, 0.25) is 0 Å². The predicted octanol–water partition coefficient (Wildman–Crippen LogP) is 3.78. The van der Waals surface area contributed by atoms with Crippen LogP contribution >= 0.6 is 0 Å². The van der Waals surface area contributed by atoms with Gasteiger partial charge in [-0.1, -0.05) is 24.5 Å². The topological polar surface area (TPSA) is 19.4 Å². The molecule has 0 atom stereocenters. The fraction of sp³-hybridized carbons (Fsp3) is 0.158. The average Bonchev–Trinajstić information content (AvgIpc) is 2.76. The molecule has 110 valence electrons. The molecule has 2 aliphatic rings. The Kier molecular flexibility index (Phi) is 3.82. The fourth-order valence-electron chi connectivity index (χ4n) is 2.62. The molecule has 0 aromatic carbocycles. The zero-order chi connectivity index (χ0) is 15.5. The van der Waals surface area contributed by atoms with E-state index in [-0.39, 0.29) is 0 Å². The highest BCUT2D eigenvalue weighted by Gasteiger charge is 2.19. The second-order valence-corrected chi connectivity index (χ2v) is 5.35. The molecule has 1 aromatic heterocycles. The standard InChI is InChI=1S/C19H19N3/c1-4-18-17(9-7-13-20-18)15-11-12-16-8-5-6-10-19(21(2)3)22(16)14-15/h4-5,7,9-14H,1,6H2,2-3H3. The highest BCUT2D eigenvalue weighted by atomic mass is 15.3. The SMILES string of the molecule is C=Cc1ncccc1C1=CN2C(=C=CCC=C2N(C)C)C=C1. The molecule has 3 heteroatoms. The smallest absolute Gasteiger partial charge is 0.109 e. The maximum absolute atomic E-state index is 4.38. The van der Waals surface area contributed by atoms with Gasteiger partial charge in [-0.25, -0.2) is 0 Å². The van der Waals surface area contributed by atoms with Gasteiger partial charge in [0.25, 0.3) is 0 Å². The van der Waals surface area contributed by atoms with Gasteiger partial charge in [0.05, 0.1) is 11.4 Å². The molecule has 0 amide bonds. The van der Waals surface area contributed by atoms with Crippen LogP contribution in [0.25, 0.3) is 11.6 Å². The molecule has 3 rings (SSSR count). The van der Waals surface area contributed by atoms with E-state index in [1.807, 2.05) is 6.07 Å². The van der Waals surface area contributed by atoms with Gasteiger partial charge in [-0.2, -0.15) is 0 Å². The third kappa shape index (κ3) is 2.54. The van der Waals surface area contributed by atoms with E-state index < -0.39 is 0 Å². The number of rotatable bonds is 3. The van der Waals surface area contributed by atoms with Crippen molar-refractivity contribution in [3.05, 3.63) is 83.9 Å². The lowest BCUT2D eigenvalue weighted by atomic mass is 10.0. The maximum Gasteiger partial charge on any atom is 0.109 e. The first kappa shape index (κ1) is 14.2. The molecule has 0 spiro atoms. The Bertz CT molecular complexity index is 757. The van der Waals surface area contributed by atoms with Crippen molar-refractivity contribution < 1.29 is 0 Å². The minimum atomic E-state index is 0.884. The van der Waals surface area contributed by atoms with Crippen LogP contribution in [0.4, 0.5) is 0 Å². The van der Waals surface area contributed by atoms with E-state index in [4.69, 9.17) is 0 Å². The van der Waals surface area contributed by atoms with Crippen molar-refractivity contribution in [2.24, 2.45) is 0 Å². The van der Waals surface area contributed by atoms with E-state index in [2.05, 4.69) is 77.8 Å². The van der Waals surface area contributed by atoms with E-state index in [0.717, 1.165) is 34.8 Å². The Hall–Kier alpha value is -2.77. The number of allylic oxidation sites excluding steroid dienone is 4. The molecule has 0 bridgehead atoms. The van der Waals surface area contributed by atoms with E-state index in [9.17, 15) is 0 Å².